The number of fused-ring (bicyclic) bond motifs is 13. The van der Waals surface area contributed by atoms with Gasteiger partial charge in [-0.2, -0.15) is 10.5 Å². The quantitative estimate of drug-likeness (QED) is 0.253. The minimum Gasteiger partial charge on any atom is -0.292 e. The van der Waals surface area contributed by atoms with Crippen molar-refractivity contribution in [2.24, 2.45) is 0 Å². The van der Waals surface area contributed by atoms with E-state index < -0.39 is 0 Å². The van der Waals surface area contributed by atoms with Crippen molar-refractivity contribution in [2.75, 3.05) is 0 Å². The Morgan fingerprint density at radius 2 is 1.15 bits per heavy atom. The molecule has 0 aliphatic rings. The highest BCUT2D eigenvalue weighted by Gasteiger charge is 2.20. The van der Waals surface area contributed by atoms with Crippen molar-refractivity contribution >= 4 is 59.9 Å². The average Bonchev–Trinajstić information content (AvgIpc) is 3.27. The van der Waals surface area contributed by atoms with Crippen molar-refractivity contribution < 1.29 is 0 Å². The smallest absolute Gasteiger partial charge is 0.147 e. The van der Waals surface area contributed by atoms with E-state index in [2.05, 4.69) is 59.0 Å². The van der Waals surface area contributed by atoms with Crippen LogP contribution in [-0.2, 0) is 0 Å². The molecule has 0 unspecified atom stereocenters. The van der Waals surface area contributed by atoms with E-state index in [0.29, 0.717) is 11.1 Å². The summed E-state index contributed by atoms with van der Waals surface area (Å²) in [6.45, 7) is 0. The molecular weight excluding hydrogens is 404 g/mol. The first-order chi connectivity index (χ1) is 16.3. The molecule has 0 N–H and O–H groups in total. The number of nitrogens with zero attached hydrogens (tertiary/aromatic N) is 4. The fraction of sp³-hybridized carbons (Fsp3) is 0. The molecule has 0 amide bonds. The zero-order valence-corrected chi connectivity index (χ0v) is 17.4. The van der Waals surface area contributed by atoms with E-state index in [-0.39, 0.29) is 0 Å². The number of rotatable bonds is 0. The molecule has 2 heterocycles. The largest absolute Gasteiger partial charge is 0.292 e. The number of benzene rings is 5. The van der Waals surface area contributed by atoms with E-state index in [1.165, 1.54) is 5.39 Å². The summed E-state index contributed by atoms with van der Waals surface area (Å²) in [6.07, 6.45) is 0. The molecular formula is C29H14N4. The molecule has 7 rings (SSSR count). The van der Waals surface area contributed by atoms with Crippen molar-refractivity contribution in [1.29, 1.82) is 10.5 Å². The molecule has 0 bridgehead atoms. The molecule has 2 aromatic heterocycles. The minimum absolute atomic E-state index is 0.369. The molecule has 0 aliphatic heterocycles. The highest BCUT2D eigenvalue weighted by atomic mass is 15.0. The molecule has 0 atom stereocenters. The third kappa shape index (κ3) is 2.19. The molecule has 0 aliphatic carbocycles. The van der Waals surface area contributed by atoms with Gasteiger partial charge in [0.2, 0.25) is 0 Å². The third-order valence-corrected chi connectivity index (χ3v) is 6.60. The maximum atomic E-state index is 9.79. The summed E-state index contributed by atoms with van der Waals surface area (Å²) < 4.78 is 2.14. The van der Waals surface area contributed by atoms with Gasteiger partial charge in [0.1, 0.15) is 17.8 Å². The SMILES string of the molecule is N#Cc1cc2c3c4ccccc4c4ccccc4c3c3nc4ccccc4n3c2cc1C#N. The van der Waals surface area contributed by atoms with Gasteiger partial charge in [-0.1, -0.05) is 60.7 Å². The maximum Gasteiger partial charge on any atom is 0.147 e. The number of imidazole rings is 1. The van der Waals surface area contributed by atoms with Gasteiger partial charge < -0.3 is 0 Å². The van der Waals surface area contributed by atoms with Gasteiger partial charge in [0.05, 0.1) is 27.7 Å². The molecule has 4 nitrogen and oxygen atoms in total. The molecule has 150 valence electrons. The van der Waals surface area contributed by atoms with Crippen molar-refractivity contribution in [2.45, 2.75) is 0 Å². The summed E-state index contributed by atoms with van der Waals surface area (Å²) >= 11 is 0. The summed E-state index contributed by atoms with van der Waals surface area (Å²) in [5.74, 6) is 0. The Morgan fingerprint density at radius 3 is 1.85 bits per heavy atom. The van der Waals surface area contributed by atoms with Crippen LogP contribution in [0.15, 0.2) is 84.9 Å². The summed E-state index contributed by atoms with van der Waals surface area (Å²) in [4.78, 5) is 5.06. The van der Waals surface area contributed by atoms with Gasteiger partial charge in [0.25, 0.3) is 0 Å². The van der Waals surface area contributed by atoms with Gasteiger partial charge in [-0.05, 0) is 45.8 Å². The maximum absolute atomic E-state index is 9.79. The first-order valence-corrected chi connectivity index (χ1v) is 10.7. The molecule has 0 spiro atoms. The Balaban J connectivity index is 1.96. The predicted octanol–water partition coefficient (Wildman–Crippen LogP) is 6.84. The lowest BCUT2D eigenvalue weighted by atomic mass is 9.91. The van der Waals surface area contributed by atoms with Crippen LogP contribution in [0, 0.1) is 22.7 Å². The summed E-state index contributed by atoms with van der Waals surface area (Å²) in [5, 5.41) is 27.2. The minimum atomic E-state index is 0.369. The molecule has 5 aromatic carbocycles. The fourth-order valence-corrected chi connectivity index (χ4v) is 5.25. The Labute approximate surface area is 188 Å². The van der Waals surface area contributed by atoms with Crippen LogP contribution in [-0.4, -0.2) is 9.38 Å². The van der Waals surface area contributed by atoms with Crippen LogP contribution in [0.25, 0.3) is 59.9 Å². The molecule has 0 saturated carbocycles. The van der Waals surface area contributed by atoms with Crippen LogP contribution in [0.1, 0.15) is 11.1 Å². The second-order valence-electron chi connectivity index (χ2n) is 8.24. The number of nitriles is 2. The molecule has 0 fully saturated rings. The average molecular weight is 418 g/mol. The Hall–Kier alpha value is -4.93. The monoisotopic (exact) mass is 418 g/mol. The van der Waals surface area contributed by atoms with E-state index in [0.717, 1.165) is 54.5 Å². The van der Waals surface area contributed by atoms with E-state index in [4.69, 9.17) is 4.98 Å². The predicted molar refractivity (Wildman–Crippen MR) is 132 cm³/mol. The zero-order valence-electron chi connectivity index (χ0n) is 17.4. The second-order valence-corrected chi connectivity index (χ2v) is 8.24. The number of pyridine rings is 1. The fourth-order valence-electron chi connectivity index (χ4n) is 5.25. The highest BCUT2D eigenvalue weighted by molar-refractivity contribution is 6.34. The van der Waals surface area contributed by atoms with Crippen LogP contribution in [0.3, 0.4) is 0 Å². The number of aromatic nitrogens is 2. The van der Waals surface area contributed by atoms with Gasteiger partial charge in [-0.25, -0.2) is 4.98 Å². The highest BCUT2D eigenvalue weighted by Crippen LogP contribution is 2.42. The Kier molecular flexibility index (Phi) is 3.38. The van der Waals surface area contributed by atoms with Crippen LogP contribution in [0.2, 0.25) is 0 Å². The van der Waals surface area contributed by atoms with Crippen LogP contribution >= 0.6 is 0 Å². The van der Waals surface area contributed by atoms with Gasteiger partial charge in [-0.15, -0.1) is 0 Å². The topological polar surface area (TPSA) is 64.9 Å². The second kappa shape index (κ2) is 6.29. The Bertz CT molecular complexity index is 2050. The first kappa shape index (κ1) is 17.7. The van der Waals surface area contributed by atoms with Crippen molar-refractivity contribution in [1.82, 2.24) is 9.38 Å². The lowest BCUT2D eigenvalue weighted by Crippen LogP contribution is -1.96. The van der Waals surface area contributed by atoms with Crippen LogP contribution in [0.4, 0.5) is 0 Å². The summed E-state index contributed by atoms with van der Waals surface area (Å²) in [5.41, 5.74) is 4.36. The lowest BCUT2D eigenvalue weighted by molar-refractivity contribution is 1.31. The van der Waals surface area contributed by atoms with E-state index >= 15 is 0 Å². The van der Waals surface area contributed by atoms with E-state index in [9.17, 15) is 10.5 Å². The number of para-hydroxylation sites is 2. The van der Waals surface area contributed by atoms with Crippen LogP contribution in [0.5, 0.6) is 0 Å². The molecule has 0 saturated heterocycles. The number of hydrogen-bond acceptors (Lipinski definition) is 3. The van der Waals surface area contributed by atoms with Crippen molar-refractivity contribution in [3.05, 3.63) is 96.1 Å². The van der Waals surface area contributed by atoms with Crippen molar-refractivity contribution in [3.63, 3.8) is 0 Å². The van der Waals surface area contributed by atoms with Crippen molar-refractivity contribution in [3.8, 4) is 12.1 Å². The Morgan fingerprint density at radius 1 is 0.576 bits per heavy atom. The van der Waals surface area contributed by atoms with Gasteiger partial charge in [0.15, 0.2) is 0 Å². The van der Waals surface area contributed by atoms with E-state index in [1.54, 1.807) is 0 Å². The summed E-state index contributed by atoms with van der Waals surface area (Å²) in [7, 11) is 0. The normalized spacial score (nSPS) is 11.6. The first-order valence-electron chi connectivity index (χ1n) is 10.7. The molecule has 7 aromatic rings. The molecule has 33 heavy (non-hydrogen) atoms. The zero-order chi connectivity index (χ0) is 22.1. The van der Waals surface area contributed by atoms with E-state index in [1.807, 2.05) is 42.5 Å². The van der Waals surface area contributed by atoms with Crippen LogP contribution < -0.4 is 0 Å². The van der Waals surface area contributed by atoms with Gasteiger partial charge >= 0.3 is 0 Å². The van der Waals surface area contributed by atoms with Gasteiger partial charge in [-0.3, -0.25) is 4.40 Å². The molecule has 4 heteroatoms. The lowest BCUT2D eigenvalue weighted by Gasteiger charge is -2.15. The summed E-state index contributed by atoms with van der Waals surface area (Å²) in [6, 6.07) is 33.0. The standard InChI is InChI=1S/C29H14N4/c30-15-17-13-23-26(14-18(17)16-31)33-25-12-6-5-11-24(25)32-29(33)28-22-10-4-2-8-20(22)19-7-1-3-9-21(19)27(23)28/h1-14H. The van der Waals surface area contributed by atoms with Gasteiger partial charge in [0, 0.05) is 16.2 Å². The number of hydrogen-bond donors (Lipinski definition) is 0. The molecule has 0 radical (unpaired) electrons. The third-order valence-electron chi connectivity index (χ3n) is 6.60.